The standard InChI is InChI=1S/C14H25NO4/c1-5-14(11(16)17)7-6-9-15(10-8-14)12(18)19-13(2,3)4/h5-10H2,1-4H3,(H,16,17)/t14-/m0/s1. The molecule has 110 valence electrons. The van der Waals surface area contributed by atoms with Gasteiger partial charge in [0.2, 0.25) is 0 Å². The van der Waals surface area contributed by atoms with Gasteiger partial charge in [0.05, 0.1) is 5.41 Å². The van der Waals surface area contributed by atoms with Crippen LogP contribution in [0.25, 0.3) is 0 Å². The van der Waals surface area contributed by atoms with Crippen molar-refractivity contribution < 1.29 is 19.4 Å². The lowest BCUT2D eigenvalue weighted by molar-refractivity contribution is -0.150. The molecule has 0 aromatic heterocycles. The van der Waals surface area contributed by atoms with Gasteiger partial charge >= 0.3 is 12.1 Å². The molecule has 0 spiro atoms. The van der Waals surface area contributed by atoms with Crippen molar-refractivity contribution in [2.75, 3.05) is 13.1 Å². The van der Waals surface area contributed by atoms with Crippen molar-refractivity contribution in [1.29, 1.82) is 0 Å². The second-order valence-electron chi connectivity index (χ2n) is 6.26. The van der Waals surface area contributed by atoms with Crippen LogP contribution in [-0.2, 0) is 9.53 Å². The Balaban J connectivity index is 2.69. The topological polar surface area (TPSA) is 66.8 Å². The van der Waals surface area contributed by atoms with Gasteiger partial charge < -0.3 is 14.7 Å². The van der Waals surface area contributed by atoms with Crippen LogP contribution in [0.1, 0.15) is 53.4 Å². The van der Waals surface area contributed by atoms with Crippen molar-refractivity contribution in [2.24, 2.45) is 5.41 Å². The lowest BCUT2D eigenvalue weighted by Crippen LogP contribution is -2.38. The first-order valence-electron chi connectivity index (χ1n) is 6.91. The van der Waals surface area contributed by atoms with Crippen LogP contribution in [0.3, 0.4) is 0 Å². The molecule has 1 amide bonds. The SMILES string of the molecule is CC[C@]1(C(=O)O)CCCN(C(=O)OC(C)(C)C)CC1. The third-order valence-corrected chi connectivity index (χ3v) is 3.73. The van der Waals surface area contributed by atoms with E-state index in [0.29, 0.717) is 38.8 Å². The lowest BCUT2D eigenvalue weighted by Gasteiger charge is -2.28. The minimum atomic E-state index is -0.749. The van der Waals surface area contributed by atoms with Gasteiger partial charge in [-0.1, -0.05) is 6.92 Å². The van der Waals surface area contributed by atoms with Crippen LogP contribution in [0, 0.1) is 5.41 Å². The highest BCUT2D eigenvalue weighted by molar-refractivity contribution is 5.75. The summed E-state index contributed by atoms with van der Waals surface area (Å²) in [6, 6.07) is 0. The Labute approximate surface area is 114 Å². The fraction of sp³-hybridized carbons (Fsp3) is 0.857. The second kappa shape index (κ2) is 5.80. The van der Waals surface area contributed by atoms with E-state index in [0.717, 1.165) is 0 Å². The first kappa shape index (κ1) is 15.8. The monoisotopic (exact) mass is 271 g/mol. The minimum Gasteiger partial charge on any atom is -0.481 e. The third kappa shape index (κ3) is 4.11. The number of likely N-dealkylation sites (tertiary alicyclic amines) is 1. The van der Waals surface area contributed by atoms with Gasteiger partial charge in [-0.05, 0) is 46.5 Å². The number of carboxylic acid groups (broad SMARTS) is 1. The van der Waals surface area contributed by atoms with Crippen molar-refractivity contribution in [3.8, 4) is 0 Å². The number of hydrogen-bond donors (Lipinski definition) is 1. The molecule has 1 aliphatic rings. The predicted molar refractivity (Wildman–Crippen MR) is 72.0 cm³/mol. The number of hydrogen-bond acceptors (Lipinski definition) is 3. The number of carbonyl (C=O) groups is 2. The fourth-order valence-electron chi connectivity index (χ4n) is 2.42. The Morgan fingerprint density at radius 1 is 1.26 bits per heavy atom. The number of carbonyl (C=O) groups excluding carboxylic acids is 1. The van der Waals surface area contributed by atoms with Crippen LogP contribution >= 0.6 is 0 Å². The molecule has 0 unspecified atom stereocenters. The highest BCUT2D eigenvalue weighted by atomic mass is 16.6. The number of rotatable bonds is 2. The van der Waals surface area contributed by atoms with Crippen molar-refractivity contribution >= 4 is 12.1 Å². The van der Waals surface area contributed by atoms with E-state index in [1.54, 1.807) is 4.90 Å². The summed E-state index contributed by atoms with van der Waals surface area (Å²) >= 11 is 0. The van der Waals surface area contributed by atoms with E-state index in [1.165, 1.54) is 0 Å². The first-order chi connectivity index (χ1) is 8.70. The molecular formula is C14H25NO4. The molecule has 1 saturated heterocycles. The smallest absolute Gasteiger partial charge is 0.410 e. The summed E-state index contributed by atoms with van der Waals surface area (Å²) in [5.74, 6) is -0.749. The zero-order chi connectivity index (χ0) is 14.7. The summed E-state index contributed by atoms with van der Waals surface area (Å²) < 4.78 is 5.33. The van der Waals surface area contributed by atoms with Crippen LogP contribution in [0.15, 0.2) is 0 Å². The van der Waals surface area contributed by atoms with E-state index in [4.69, 9.17) is 4.74 Å². The van der Waals surface area contributed by atoms with Gasteiger partial charge in [-0.3, -0.25) is 4.79 Å². The van der Waals surface area contributed by atoms with Gasteiger partial charge in [0, 0.05) is 13.1 Å². The van der Waals surface area contributed by atoms with Crippen molar-refractivity contribution in [3.05, 3.63) is 0 Å². The number of ether oxygens (including phenoxy) is 1. The van der Waals surface area contributed by atoms with Gasteiger partial charge in [-0.2, -0.15) is 0 Å². The molecule has 1 aliphatic heterocycles. The molecule has 19 heavy (non-hydrogen) atoms. The van der Waals surface area contributed by atoms with Crippen LogP contribution in [0.4, 0.5) is 4.79 Å². The second-order valence-corrected chi connectivity index (χ2v) is 6.26. The highest BCUT2D eigenvalue weighted by Gasteiger charge is 2.39. The summed E-state index contributed by atoms with van der Waals surface area (Å²) in [6.07, 6.45) is 2.09. The molecule has 1 N–H and O–H groups in total. The average molecular weight is 271 g/mol. The van der Waals surface area contributed by atoms with Crippen LogP contribution in [0.2, 0.25) is 0 Å². The van der Waals surface area contributed by atoms with E-state index < -0.39 is 17.0 Å². The molecule has 0 bridgehead atoms. The summed E-state index contributed by atoms with van der Waals surface area (Å²) in [7, 11) is 0. The number of nitrogens with zero attached hydrogens (tertiary/aromatic N) is 1. The quantitative estimate of drug-likeness (QED) is 0.838. The largest absolute Gasteiger partial charge is 0.481 e. The maximum absolute atomic E-state index is 12.0. The summed E-state index contributed by atoms with van der Waals surface area (Å²) in [5.41, 5.74) is -1.20. The molecule has 0 aromatic carbocycles. The molecule has 5 heteroatoms. The summed E-state index contributed by atoms with van der Waals surface area (Å²) in [4.78, 5) is 25.1. The molecule has 1 fully saturated rings. The van der Waals surface area contributed by atoms with Gasteiger partial charge in [0.25, 0.3) is 0 Å². The Hall–Kier alpha value is -1.26. The third-order valence-electron chi connectivity index (χ3n) is 3.73. The molecule has 1 atom stereocenters. The molecular weight excluding hydrogens is 246 g/mol. The first-order valence-corrected chi connectivity index (χ1v) is 6.91. The average Bonchev–Trinajstić information content (AvgIpc) is 2.49. The number of aliphatic carboxylic acids is 1. The highest BCUT2D eigenvalue weighted by Crippen LogP contribution is 2.35. The van der Waals surface area contributed by atoms with Crippen molar-refractivity contribution in [1.82, 2.24) is 4.90 Å². The molecule has 0 saturated carbocycles. The van der Waals surface area contributed by atoms with Gasteiger partial charge in [0.15, 0.2) is 0 Å². The Morgan fingerprint density at radius 2 is 1.89 bits per heavy atom. The van der Waals surface area contributed by atoms with Crippen molar-refractivity contribution in [3.63, 3.8) is 0 Å². The maximum Gasteiger partial charge on any atom is 0.410 e. The Kier molecular flexibility index (Phi) is 4.82. The van der Waals surface area contributed by atoms with E-state index in [-0.39, 0.29) is 6.09 Å². The predicted octanol–water partition coefficient (Wildman–Crippen LogP) is 2.89. The van der Waals surface area contributed by atoms with Gasteiger partial charge in [0.1, 0.15) is 5.60 Å². The van der Waals surface area contributed by atoms with Gasteiger partial charge in [-0.25, -0.2) is 4.79 Å². The molecule has 0 aliphatic carbocycles. The van der Waals surface area contributed by atoms with Crippen LogP contribution in [0.5, 0.6) is 0 Å². The number of amides is 1. The van der Waals surface area contributed by atoms with Crippen molar-refractivity contribution in [2.45, 2.75) is 59.0 Å². The van der Waals surface area contributed by atoms with E-state index in [9.17, 15) is 14.7 Å². The summed E-state index contributed by atoms with van der Waals surface area (Å²) in [5, 5.41) is 9.39. The molecule has 0 radical (unpaired) electrons. The van der Waals surface area contributed by atoms with Crippen LogP contribution in [-0.4, -0.2) is 40.8 Å². The molecule has 1 heterocycles. The minimum absolute atomic E-state index is 0.343. The fourth-order valence-corrected chi connectivity index (χ4v) is 2.42. The number of carboxylic acids is 1. The zero-order valence-corrected chi connectivity index (χ0v) is 12.4. The maximum atomic E-state index is 12.0. The molecule has 0 aromatic rings. The van der Waals surface area contributed by atoms with E-state index in [2.05, 4.69) is 0 Å². The molecule has 1 rings (SSSR count). The lowest BCUT2D eigenvalue weighted by atomic mass is 9.78. The normalized spacial score (nSPS) is 24.7. The van der Waals surface area contributed by atoms with Gasteiger partial charge in [-0.15, -0.1) is 0 Å². The zero-order valence-electron chi connectivity index (χ0n) is 12.4. The van der Waals surface area contributed by atoms with Crippen LogP contribution < -0.4 is 0 Å². The summed E-state index contributed by atoms with van der Waals surface area (Å²) in [6.45, 7) is 8.42. The van der Waals surface area contributed by atoms with E-state index in [1.807, 2.05) is 27.7 Å². The van der Waals surface area contributed by atoms with E-state index >= 15 is 0 Å². The Bertz CT molecular complexity index is 348. The Morgan fingerprint density at radius 3 is 2.37 bits per heavy atom. The molecule has 5 nitrogen and oxygen atoms in total.